The van der Waals surface area contributed by atoms with Crippen LogP contribution in [0.3, 0.4) is 0 Å². The predicted octanol–water partition coefficient (Wildman–Crippen LogP) is 5.15. The first kappa shape index (κ1) is 22.8. The standard InChI is InChI=1S/C28H29N5O2/c1-20-7-5-10-24(17-20)35-27-26(30-12-13-31-27)23-9-6-15-33(19-23)28(34)25-11-4-3-8-22(25)18-32-16-14-29-21(32)2/h3-5,7-8,10-14,16-17,23H,6,9,15,18-19H2,1-2H3. The van der Waals surface area contributed by atoms with E-state index < -0.39 is 0 Å². The molecule has 1 atom stereocenters. The number of carbonyl (C=O) groups is 1. The van der Waals surface area contributed by atoms with E-state index in [1.807, 2.05) is 73.5 Å². The molecule has 7 nitrogen and oxygen atoms in total. The Kier molecular flexibility index (Phi) is 6.57. The number of likely N-dealkylation sites (tertiary alicyclic amines) is 1. The summed E-state index contributed by atoms with van der Waals surface area (Å²) in [7, 11) is 0. The lowest BCUT2D eigenvalue weighted by molar-refractivity contribution is 0.0703. The third-order valence-electron chi connectivity index (χ3n) is 6.50. The predicted molar refractivity (Wildman–Crippen MR) is 134 cm³/mol. The van der Waals surface area contributed by atoms with Crippen molar-refractivity contribution in [2.24, 2.45) is 0 Å². The molecule has 2 aromatic heterocycles. The second kappa shape index (κ2) is 10.1. The first-order valence-electron chi connectivity index (χ1n) is 12.0. The van der Waals surface area contributed by atoms with Crippen LogP contribution in [0.1, 0.15) is 51.8 Å². The summed E-state index contributed by atoms with van der Waals surface area (Å²) in [5.41, 5.74) is 3.64. The van der Waals surface area contributed by atoms with Crippen LogP contribution in [0, 0.1) is 13.8 Å². The molecule has 7 heteroatoms. The van der Waals surface area contributed by atoms with Gasteiger partial charge in [0.15, 0.2) is 0 Å². The van der Waals surface area contributed by atoms with Gasteiger partial charge in [-0.1, -0.05) is 30.3 Å². The van der Waals surface area contributed by atoms with E-state index in [1.54, 1.807) is 18.6 Å². The Morgan fingerprint density at radius 3 is 2.71 bits per heavy atom. The third kappa shape index (κ3) is 5.09. The normalized spacial score (nSPS) is 15.7. The minimum absolute atomic E-state index is 0.0492. The topological polar surface area (TPSA) is 73.1 Å². The maximum atomic E-state index is 13.7. The average Bonchev–Trinajstić information content (AvgIpc) is 3.28. The molecule has 4 aromatic rings. The first-order chi connectivity index (χ1) is 17.1. The highest BCUT2D eigenvalue weighted by Gasteiger charge is 2.29. The zero-order chi connectivity index (χ0) is 24.2. The molecule has 0 bridgehead atoms. The lowest BCUT2D eigenvalue weighted by atomic mass is 9.93. The van der Waals surface area contributed by atoms with Crippen molar-refractivity contribution in [1.82, 2.24) is 24.4 Å². The second-order valence-corrected chi connectivity index (χ2v) is 9.02. The summed E-state index contributed by atoms with van der Waals surface area (Å²) in [6, 6.07) is 15.7. The van der Waals surface area contributed by atoms with Gasteiger partial charge in [0, 0.05) is 55.9 Å². The van der Waals surface area contributed by atoms with E-state index in [0.29, 0.717) is 19.0 Å². The van der Waals surface area contributed by atoms with E-state index in [9.17, 15) is 4.79 Å². The molecule has 0 radical (unpaired) electrons. The van der Waals surface area contributed by atoms with Crippen molar-refractivity contribution >= 4 is 5.91 Å². The van der Waals surface area contributed by atoms with Gasteiger partial charge in [0.1, 0.15) is 17.3 Å². The van der Waals surface area contributed by atoms with Gasteiger partial charge < -0.3 is 14.2 Å². The van der Waals surface area contributed by atoms with Crippen LogP contribution in [-0.2, 0) is 6.54 Å². The summed E-state index contributed by atoms with van der Waals surface area (Å²) < 4.78 is 8.18. The maximum absolute atomic E-state index is 13.7. The summed E-state index contributed by atoms with van der Waals surface area (Å²) >= 11 is 0. The van der Waals surface area contributed by atoms with Crippen molar-refractivity contribution in [1.29, 1.82) is 0 Å². The summed E-state index contributed by atoms with van der Waals surface area (Å²) in [6.07, 6.45) is 8.91. The zero-order valence-corrected chi connectivity index (χ0v) is 20.1. The van der Waals surface area contributed by atoms with Gasteiger partial charge in [0.2, 0.25) is 5.88 Å². The molecule has 0 N–H and O–H groups in total. The SMILES string of the molecule is Cc1cccc(Oc2nccnc2C2CCCN(C(=O)c3ccccc3Cn3ccnc3C)C2)c1. The fourth-order valence-corrected chi connectivity index (χ4v) is 4.66. The van der Waals surface area contributed by atoms with E-state index in [4.69, 9.17) is 4.74 Å². The number of hydrogen-bond donors (Lipinski definition) is 0. The van der Waals surface area contributed by atoms with Crippen molar-refractivity contribution in [3.63, 3.8) is 0 Å². The number of aryl methyl sites for hydroxylation is 2. The van der Waals surface area contributed by atoms with Gasteiger partial charge in [-0.2, -0.15) is 0 Å². The Hall–Kier alpha value is -4.00. The fourth-order valence-electron chi connectivity index (χ4n) is 4.66. The van der Waals surface area contributed by atoms with E-state index in [1.165, 1.54) is 0 Å². The number of piperidine rings is 1. The number of rotatable bonds is 6. The third-order valence-corrected chi connectivity index (χ3v) is 6.50. The van der Waals surface area contributed by atoms with Crippen LogP contribution in [0.15, 0.2) is 73.3 Å². The lowest BCUT2D eigenvalue weighted by Crippen LogP contribution is -2.39. The molecule has 0 aliphatic carbocycles. The number of aromatic nitrogens is 4. The molecule has 1 aliphatic heterocycles. The Labute approximate surface area is 205 Å². The number of benzene rings is 2. The van der Waals surface area contributed by atoms with Gasteiger partial charge in [0.25, 0.3) is 5.91 Å². The Balaban J connectivity index is 1.36. The van der Waals surface area contributed by atoms with E-state index in [2.05, 4.69) is 19.5 Å². The van der Waals surface area contributed by atoms with Crippen LogP contribution < -0.4 is 4.74 Å². The van der Waals surface area contributed by atoms with Crippen LogP contribution in [0.5, 0.6) is 11.6 Å². The number of carbonyl (C=O) groups excluding carboxylic acids is 1. The number of ether oxygens (including phenoxy) is 1. The summed E-state index contributed by atoms with van der Waals surface area (Å²) in [4.78, 5) is 29.0. The van der Waals surface area contributed by atoms with Crippen LogP contribution in [0.2, 0.25) is 0 Å². The molecule has 5 rings (SSSR count). The molecule has 0 saturated carbocycles. The number of nitrogens with zero attached hydrogens (tertiary/aromatic N) is 5. The molecule has 1 fully saturated rings. The summed E-state index contributed by atoms with van der Waals surface area (Å²) in [6.45, 7) is 5.92. The molecule has 1 unspecified atom stereocenters. The van der Waals surface area contributed by atoms with Gasteiger partial charge in [-0.15, -0.1) is 0 Å². The zero-order valence-electron chi connectivity index (χ0n) is 20.1. The Morgan fingerprint density at radius 1 is 1.03 bits per heavy atom. The molecule has 1 amide bonds. The number of imidazole rings is 1. The van der Waals surface area contributed by atoms with Crippen LogP contribution >= 0.6 is 0 Å². The monoisotopic (exact) mass is 467 g/mol. The van der Waals surface area contributed by atoms with Gasteiger partial charge in [0.05, 0.1) is 0 Å². The lowest BCUT2D eigenvalue weighted by Gasteiger charge is -2.33. The molecular weight excluding hydrogens is 438 g/mol. The average molecular weight is 468 g/mol. The number of hydrogen-bond acceptors (Lipinski definition) is 5. The largest absolute Gasteiger partial charge is 0.437 e. The number of amides is 1. The van der Waals surface area contributed by atoms with Crippen LogP contribution in [0.25, 0.3) is 0 Å². The van der Waals surface area contributed by atoms with Crippen LogP contribution in [0.4, 0.5) is 0 Å². The van der Waals surface area contributed by atoms with Crippen molar-refractivity contribution in [3.05, 3.63) is 102 Å². The molecule has 3 heterocycles. The van der Waals surface area contributed by atoms with Crippen molar-refractivity contribution in [2.75, 3.05) is 13.1 Å². The molecule has 178 valence electrons. The summed E-state index contributed by atoms with van der Waals surface area (Å²) in [5.74, 6) is 2.28. The smallest absolute Gasteiger partial charge is 0.254 e. The first-order valence-corrected chi connectivity index (χ1v) is 12.0. The van der Waals surface area contributed by atoms with Crippen molar-refractivity contribution < 1.29 is 9.53 Å². The molecule has 2 aromatic carbocycles. The highest BCUT2D eigenvalue weighted by Crippen LogP contribution is 2.33. The molecule has 35 heavy (non-hydrogen) atoms. The van der Waals surface area contributed by atoms with Gasteiger partial charge in [-0.05, 0) is 56.0 Å². The minimum Gasteiger partial charge on any atom is -0.437 e. The van der Waals surface area contributed by atoms with Gasteiger partial charge in [-0.25, -0.2) is 9.97 Å². The highest BCUT2D eigenvalue weighted by molar-refractivity contribution is 5.95. The minimum atomic E-state index is 0.0492. The van der Waals surface area contributed by atoms with Crippen molar-refractivity contribution in [2.45, 2.75) is 39.2 Å². The van der Waals surface area contributed by atoms with Gasteiger partial charge in [-0.3, -0.25) is 9.78 Å². The highest BCUT2D eigenvalue weighted by atomic mass is 16.5. The molecule has 0 spiro atoms. The Bertz CT molecular complexity index is 1330. The summed E-state index contributed by atoms with van der Waals surface area (Å²) in [5, 5.41) is 0. The molecule has 1 saturated heterocycles. The quantitative estimate of drug-likeness (QED) is 0.392. The van der Waals surface area contributed by atoms with Crippen LogP contribution in [-0.4, -0.2) is 43.4 Å². The molecule has 1 aliphatic rings. The van der Waals surface area contributed by atoms with E-state index >= 15 is 0 Å². The van der Waals surface area contributed by atoms with E-state index in [0.717, 1.165) is 53.3 Å². The fraction of sp³-hybridized carbons (Fsp3) is 0.286. The van der Waals surface area contributed by atoms with Gasteiger partial charge >= 0.3 is 0 Å². The maximum Gasteiger partial charge on any atom is 0.254 e. The van der Waals surface area contributed by atoms with Crippen molar-refractivity contribution in [3.8, 4) is 11.6 Å². The second-order valence-electron chi connectivity index (χ2n) is 9.02. The Morgan fingerprint density at radius 2 is 1.89 bits per heavy atom. The van der Waals surface area contributed by atoms with E-state index in [-0.39, 0.29) is 11.8 Å². The molecular formula is C28H29N5O2.